The van der Waals surface area contributed by atoms with Crippen molar-refractivity contribution in [1.29, 1.82) is 0 Å². The molecule has 1 aromatic carbocycles. The van der Waals surface area contributed by atoms with Crippen LogP contribution in [0.1, 0.15) is 36.2 Å². The van der Waals surface area contributed by atoms with Crippen molar-refractivity contribution in [3.8, 4) is 0 Å². The highest BCUT2D eigenvalue weighted by molar-refractivity contribution is 14.0. The summed E-state index contributed by atoms with van der Waals surface area (Å²) >= 11 is 0. The van der Waals surface area contributed by atoms with Crippen molar-refractivity contribution in [2.75, 3.05) is 46.4 Å². The summed E-state index contributed by atoms with van der Waals surface area (Å²) in [5, 5.41) is 6.24. The van der Waals surface area contributed by atoms with E-state index in [0.29, 0.717) is 51.4 Å². The van der Waals surface area contributed by atoms with Crippen molar-refractivity contribution in [2.45, 2.75) is 26.8 Å². The van der Waals surface area contributed by atoms with E-state index in [-0.39, 0.29) is 36.0 Å². The third kappa shape index (κ3) is 7.71. The molecule has 1 aromatic rings. The van der Waals surface area contributed by atoms with E-state index >= 15 is 0 Å². The first-order chi connectivity index (χ1) is 13.6. The van der Waals surface area contributed by atoms with E-state index < -0.39 is 0 Å². The van der Waals surface area contributed by atoms with Crippen LogP contribution in [-0.4, -0.2) is 74.1 Å². The Morgan fingerprint density at radius 2 is 1.79 bits per heavy atom. The zero-order valence-electron chi connectivity index (χ0n) is 17.4. The second kappa shape index (κ2) is 13.2. The lowest BCUT2D eigenvalue weighted by Crippen LogP contribution is -2.53. The number of nitrogens with one attached hydrogen (secondary N) is 2. The predicted molar refractivity (Wildman–Crippen MR) is 125 cm³/mol. The number of ether oxygens (including phenoxy) is 1. The molecule has 1 saturated heterocycles. The van der Waals surface area contributed by atoms with Crippen LogP contribution in [0, 0.1) is 0 Å². The molecule has 0 radical (unpaired) electrons. The van der Waals surface area contributed by atoms with E-state index in [9.17, 15) is 9.59 Å². The molecule has 1 fully saturated rings. The van der Waals surface area contributed by atoms with Gasteiger partial charge in [0.15, 0.2) is 5.96 Å². The zero-order valence-corrected chi connectivity index (χ0v) is 19.8. The number of hydrogen-bond acceptors (Lipinski definition) is 4. The number of carbonyl (C=O) groups excluding carboxylic acids is 2. The van der Waals surface area contributed by atoms with Gasteiger partial charge in [-0.25, -0.2) is 4.79 Å². The number of piperazine rings is 1. The van der Waals surface area contributed by atoms with Crippen LogP contribution < -0.4 is 10.6 Å². The smallest absolute Gasteiger partial charge is 0.409 e. The number of benzene rings is 1. The van der Waals surface area contributed by atoms with E-state index in [1.165, 1.54) is 0 Å². The summed E-state index contributed by atoms with van der Waals surface area (Å²) in [6.45, 7) is 8.06. The van der Waals surface area contributed by atoms with Crippen LogP contribution in [-0.2, 0) is 11.3 Å². The highest BCUT2D eigenvalue weighted by Crippen LogP contribution is 2.07. The molecule has 29 heavy (non-hydrogen) atoms. The van der Waals surface area contributed by atoms with Crippen LogP contribution in [0.2, 0.25) is 0 Å². The number of rotatable bonds is 6. The Bertz CT molecular complexity index is 690. The summed E-state index contributed by atoms with van der Waals surface area (Å²) in [7, 11) is 1.74. The third-order valence-electron chi connectivity index (χ3n) is 4.49. The second-order valence-electron chi connectivity index (χ2n) is 6.53. The van der Waals surface area contributed by atoms with Gasteiger partial charge in [-0.2, -0.15) is 0 Å². The van der Waals surface area contributed by atoms with Crippen LogP contribution >= 0.6 is 24.0 Å². The Morgan fingerprint density at radius 3 is 2.41 bits per heavy atom. The van der Waals surface area contributed by atoms with Gasteiger partial charge >= 0.3 is 6.09 Å². The monoisotopic (exact) mass is 517 g/mol. The van der Waals surface area contributed by atoms with Crippen molar-refractivity contribution in [3.63, 3.8) is 0 Å². The quantitative estimate of drug-likeness (QED) is 0.344. The Labute approximate surface area is 190 Å². The SMILES string of the molecule is CCCNC(=O)c1cccc(CNC(=NC)N2CCN(C(=O)OCC)CC2)c1.I. The fourth-order valence-corrected chi connectivity index (χ4v) is 2.99. The highest BCUT2D eigenvalue weighted by atomic mass is 127. The van der Waals surface area contributed by atoms with E-state index in [4.69, 9.17) is 4.74 Å². The molecule has 8 nitrogen and oxygen atoms in total. The number of guanidine groups is 1. The first-order valence-electron chi connectivity index (χ1n) is 9.83. The van der Waals surface area contributed by atoms with Gasteiger partial charge in [0.2, 0.25) is 0 Å². The molecule has 0 spiro atoms. The van der Waals surface area contributed by atoms with Gasteiger partial charge in [-0.15, -0.1) is 24.0 Å². The van der Waals surface area contributed by atoms with Gasteiger partial charge < -0.3 is 25.2 Å². The first-order valence-corrected chi connectivity index (χ1v) is 9.83. The summed E-state index contributed by atoms with van der Waals surface area (Å²) < 4.78 is 5.05. The molecule has 162 valence electrons. The summed E-state index contributed by atoms with van der Waals surface area (Å²) in [4.78, 5) is 32.1. The largest absolute Gasteiger partial charge is 0.450 e. The van der Waals surface area contributed by atoms with Gasteiger partial charge in [-0.3, -0.25) is 9.79 Å². The minimum atomic E-state index is -0.261. The van der Waals surface area contributed by atoms with Gasteiger partial charge in [-0.05, 0) is 31.0 Å². The van der Waals surface area contributed by atoms with Crippen LogP contribution in [0.3, 0.4) is 0 Å². The molecule has 1 aliphatic heterocycles. The van der Waals surface area contributed by atoms with E-state index in [0.717, 1.165) is 17.9 Å². The number of carbonyl (C=O) groups is 2. The zero-order chi connectivity index (χ0) is 20.4. The molecule has 1 aliphatic rings. The lowest BCUT2D eigenvalue weighted by atomic mass is 10.1. The average Bonchev–Trinajstić information content (AvgIpc) is 2.73. The normalized spacial score (nSPS) is 14.1. The molecule has 0 aromatic heterocycles. The number of nitrogens with zero attached hydrogens (tertiary/aromatic N) is 3. The maximum atomic E-state index is 12.1. The molecule has 2 N–H and O–H groups in total. The van der Waals surface area contributed by atoms with Gasteiger partial charge in [-0.1, -0.05) is 19.1 Å². The van der Waals surface area contributed by atoms with Gasteiger partial charge in [0.05, 0.1) is 6.61 Å². The van der Waals surface area contributed by atoms with E-state index in [1.54, 1.807) is 11.9 Å². The summed E-state index contributed by atoms with van der Waals surface area (Å²) in [5.41, 5.74) is 1.67. The number of aliphatic imine (C=N–C) groups is 1. The van der Waals surface area contributed by atoms with E-state index in [1.807, 2.05) is 38.1 Å². The van der Waals surface area contributed by atoms with Crippen molar-refractivity contribution in [1.82, 2.24) is 20.4 Å². The molecule has 0 aliphatic carbocycles. The number of halogens is 1. The molecular weight excluding hydrogens is 485 g/mol. The average molecular weight is 517 g/mol. The van der Waals surface area contributed by atoms with Crippen molar-refractivity contribution < 1.29 is 14.3 Å². The fraction of sp³-hybridized carbons (Fsp3) is 0.550. The Morgan fingerprint density at radius 1 is 1.10 bits per heavy atom. The lowest BCUT2D eigenvalue weighted by molar-refractivity contribution is 0.0913. The Kier molecular flexibility index (Phi) is 11.4. The molecule has 0 bridgehead atoms. The van der Waals surface area contributed by atoms with Crippen LogP contribution in [0.25, 0.3) is 0 Å². The summed E-state index contributed by atoms with van der Waals surface area (Å²) in [6, 6.07) is 7.58. The first kappa shape index (κ1) is 25.0. The molecule has 1 heterocycles. The second-order valence-corrected chi connectivity index (χ2v) is 6.53. The minimum absolute atomic E-state index is 0. The molecule has 0 atom stereocenters. The molecule has 2 amide bonds. The number of amides is 2. The van der Waals surface area contributed by atoms with Gasteiger partial charge in [0.1, 0.15) is 0 Å². The standard InChI is InChI=1S/C20H31N5O3.HI/c1-4-9-22-18(26)17-8-6-7-16(14-17)15-23-19(21-3)24-10-12-25(13-11-24)20(27)28-5-2;/h6-8,14H,4-5,9-13,15H2,1-3H3,(H,21,23)(H,22,26);1H. The fourth-order valence-electron chi connectivity index (χ4n) is 2.99. The van der Waals surface area contributed by atoms with Crippen LogP contribution in [0.5, 0.6) is 0 Å². The third-order valence-corrected chi connectivity index (χ3v) is 4.49. The maximum Gasteiger partial charge on any atom is 0.409 e. The Balaban J connectivity index is 0.00000420. The van der Waals surface area contributed by atoms with Gasteiger partial charge in [0.25, 0.3) is 5.91 Å². The molecule has 0 saturated carbocycles. The van der Waals surface area contributed by atoms with Gasteiger partial charge in [0, 0.05) is 51.9 Å². The van der Waals surface area contributed by atoms with E-state index in [2.05, 4.69) is 20.5 Å². The molecule has 9 heteroatoms. The molecule has 2 rings (SSSR count). The molecular formula is C20H32IN5O3. The summed E-state index contributed by atoms with van der Waals surface area (Å²) in [6.07, 6.45) is 0.649. The maximum absolute atomic E-state index is 12.1. The lowest BCUT2D eigenvalue weighted by Gasteiger charge is -2.35. The number of hydrogen-bond donors (Lipinski definition) is 2. The highest BCUT2D eigenvalue weighted by Gasteiger charge is 2.23. The van der Waals surface area contributed by atoms with Crippen LogP contribution in [0.4, 0.5) is 4.79 Å². The van der Waals surface area contributed by atoms with Crippen molar-refractivity contribution in [2.24, 2.45) is 4.99 Å². The topological polar surface area (TPSA) is 86.3 Å². The summed E-state index contributed by atoms with van der Waals surface area (Å²) in [5.74, 6) is 0.729. The van der Waals surface area contributed by atoms with Crippen molar-refractivity contribution in [3.05, 3.63) is 35.4 Å². The van der Waals surface area contributed by atoms with Crippen molar-refractivity contribution >= 4 is 41.9 Å². The predicted octanol–water partition coefficient (Wildman–Crippen LogP) is 2.29. The minimum Gasteiger partial charge on any atom is -0.450 e. The Hall–Kier alpha value is -2.04. The van der Waals surface area contributed by atoms with Crippen LogP contribution in [0.15, 0.2) is 29.3 Å². The molecule has 0 unspecified atom stereocenters.